The highest BCUT2D eigenvalue weighted by Gasteiger charge is 2.34. The van der Waals surface area contributed by atoms with Crippen molar-refractivity contribution in [1.29, 1.82) is 0 Å². The fourth-order valence-electron chi connectivity index (χ4n) is 1.87. The zero-order valence-electron chi connectivity index (χ0n) is 10.3. The van der Waals surface area contributed by atoms with Crippen LogP contribution in [0.15, 0.2) is 18.9 Å². The minimum absolute atomic E-state index is 0.0412. The molecule has 2 heterocycles. The third kappa shape index (κ3) is 2.63. The van der Waals surface area contributed by atoms with E-state index < -0.39 is 12.0 Å². The van der Waals surface area contributed by atoms with E-state index in [2.05, 4.69) is 16.9 Å². The Labute approximate surface area is 109 Å². The Bertz CT molecular complexity index is 506. The maximum absolute atomic E-state index is 11.8. The summed E-state index contributed by atoms with van der Waals surface area (Å²) < 4.78 is 1.46. The van der Waals surface area contributed by atoms with Crippen LogP contribution in [0.2, 0.25) is 0 Å². The van der Waals surface area contributed by atoms with Gasteiger partial charge in [-0.15, -0.1) is 11.7 Å². The third-order valence-electron chi connectivity index (χ3n) is 3.02. The average molecular weight is 265 g/mol. The van der Waals surface area contributed by atoms with Gasteiger partial charge in [0.1, 0.15) is 0 Å². The van der Waals surface area contributed by atoms with Gasteiger partial charge in [0.2, 0.25) is 5.91 Å². The number of rotatable bonds is 5. The lowest BCUT2D eigenvalue weighted by atomic mass is 10.1. The summed E-state index contributed by atoms with van der Waals surface area (Å²) in [5.41, 5.74) is 5.59. The van der Waals surface area contributed by atoms with Crippen molar-refractivity contribution in [3.63, 3.8) is 0 Å². The summed E-state index contributed by atoms with van der Waals surface area (Å²) in [6.45, 7) is 4.47. The molecular weight excluding hydrogens is 250 g/mol. The van der Waals surface area contributed by atoms with E-state index in [1.807, 2.05) is 0 Å². The second-order valence-electron chi connectivity index (χ2n) is 4.42. The molecule has 1 fully saturated rings. The average Bonchev–Trinajstić information content (AvgIpc) is 2.76. The number of carbonyl (C=O) groups excluding carboxylic acids is 1. The molecule has 1 amide bonds. The number of aromatic carboxylic acids is 1. The molecule has 102 valence electrons. The lowest BCUT2D eigenvalue weighted by Crippen LogP contribution is -2.55. The number of nitrogens with two attached hydrogens (primary N) is 1. The summed E-state index contributed by atoms with van der Waals surface area (Å²) in [5.74, 6) is -1.25. The number of hydrogen-bond donors (Lipinski definition) is 2. The molecule has 8 heteroatoms. The molecular formula is C11H15N5O3. The van der Waals surface area contributed by atoms with Gasteiger partial charge in [-0.3, -0.25) is 4.79 Å². The van der Waals surface area contributed by atoms with Crippen molar-refractivity contribution < 1.29 is 14.7 Å². The number of nitrogens with zero attached hydrogens (tertiary/aromatic N) is 4. The van der Waals surface area contributed by atoms with Crippen molar-refractivity contribution in [1.82, 2.24) is 19.9 Å². The number of carboxylic acid groups (broad SMARTS) is 1. The van der Waals surface area contributed by atoms with Crippen LogP contribution >= 0.6 is 0 Å². The van der Waals surface area contributed by atoms with E-state index in [-0.39, 0.29) is 17.6 Å². The largest absolute Gasteiger partial charge is 0.476 e. The minimum Gasteiger partial charge on any atom is -0.476 e. The molecule has 3 N–H and O–H groups in total. The number of aromatic nitrogens is 3. The van der Waals surface area contributed by atoms with Crippen molar-refractivity contribution in [3.8, 4) is 0 Å². The molecule has 8 nitrogen and oxygen atoms in total. The Kier molecular flexibility index (Phi) is 3.61. The SMILES string of the molecule is C=CCC(N)C(=O)N1CC(n2cc(C(=O)O)nn2)C1. The fraction of sp³-hybridized carbons (Fsp3) is 0.455. The Hall–Kier alpha value is -2.22. The van der Waals surface area contributed by atoms with Crippen molar-refractivity contribution in [2.45, 2.75) is 18.5 Å². The first-order valence-electron chi connectivity index (χ1n) is 5.83. The highest BCUT2D eigenvalue weighted by Crippen LogP contribution is 2.21. The van der Waals surface area contributed by atoms with Gasteiger partial charge < -0.3 is 15.7 Å². The number of likely N-dealkylation sites (tertiary alicyclic amines) is 1. The van der Waals surface area contributed by atoms with Gasteiger partial charge in [0.15, 0.2) is 5.69 Å². The Morgan fingerprint density at radius 3 is 2.84 bits per heavy atom. The molecule has 1 aliphatic heterocycles. The van der Waals surface area contributed by atoms with Gasteiger partial charge in [-0.05, 0) is 6.42 Å². The van der Waals surface area contributed by atoms with Crippen LogP contribution in [0.5, 0.6) is 0 Å². The zero-order chi connectivity index (χ0) is 14.0. The number of amides is 1. The molecule has 0 aliphatic carbocycles. The van der Waals surface area contributed by atoms with Crippen LogP contribution in [-0.2, 0) is 4.79 Å². The number of carboxylic acids is 1. The first-order valence-corrected chi connectivity index (χ1v) is 5.83. The molecule has 0 radical (unpaired) electrons. The van der Waals surface area contributed by atoms with E-state index in [1.165, 1.54) is 10.9 Å². The molecule has 0 bridgehead atoms. The quantitative estimate of drug-likeness (QED) is 0.678. The van der Waals surface area contributed by atoms with Gasteiger partial charge in [0.25, 0.3) is 0 Å². The first-order chi connectivity index (χ1) is 9.02. The first kappa shape index (κ1) is 13.2. The Morgan fingerprint density at radius 1 is 1.63 bits per heavy atom. The Balaban J connectivity index is 1.90. The minimum atomic E-state index is -1.12. The van der Waals surface area contributed by atoms with E-state index >= 15 is 0 Å². The highest BCUT2D eigenvalue weighted by atomic mass is 16.4. The smallest absolute Gasteiger partial charge is 0.358 e. The van der Waals surface area contributed by atoms with Gasteiger partial charge >= 0.3 is 5.97 Å². The molecule has 1 aromatic rings. The number of hydrogen-bond acceptors (Lipinski definition) is 5. The predicted octanol–water partition coefficient (Wildman–Crippen LogP) is -0.737. The van der Waals surface area contributed by atoms with Crippen LogP contribution in [-0.4, -0.2) is 56.0 Å². The summed E-state index contributed by atoms with van der Waals surface area (Å²) in [5, 5.41) is 16.0. The van der Waals surface area contributed by atoms with Gasteiger partial charge in [0, 0.05) is 13.1 Å². The van der Waals surface area contributed by atoms with E-state index in [1.54, 1.807) is 11.0 Å². The summed E-state index contributed by atoms with van der Waals surface area (Å²) in [4.78, 5) is 24.1. The van der Waals surface area contributed by atoms with Crippen LogP contribution < -0.4 is 5.73 Å². The highest BCUT2D eigenvalue weighted by molar-refractivity contribution is 5.84. The fourth-order valence-corrected chi connectivity index (χ4v) is 1.87. The number of carbonyl (C=O) groups is 2. The van der Waals surface area contributed by atoms with E-state index in [9.17, 15) is 9.59 Å². The molecule has 1 aromatic heterocycles. The van der Waals surface area contributed by atoms with Gasteiger partial charge in [-0.1, -0.05) is 11.3 Å². The van der Waals surface area contributed by atoms with Crippen LogP contribution in [0.4, 0.5) is 0 Å². The molecule has 0 spiro atoms. The zero-order valence-corrected chi connectivity index (χ0v) is 10.3. The second kappa shape index (κ2) is 5.19. The van der Waals surface area contributed by atoms with Crippen LogP contribution in [0.3, 0.4) is 0 Å². The van der Waals surface area contributed by atoms with Crippen molar-refractivity contribution in [2.24, 2.45) is 5.73 Å². The molecule has 2 rings (SSSR count). The maximum Gasteiger partial charge on any atom is 0.358 e. The molecule has 19 heavy (non-hydrogen) atoms. The lowest BCUT2D eigenvalue weighted by Gasteiger charge is -2.40. The summed E-state index contributed by atoms with van der Waals surface area (Å²) in [7, 11) is 0. The topological polar surface area (TPSA) is 114 Å². The molecule has 1 atom stereocenters. The van der Waals surface area contributed by atoms with Gasteiger partial charge in [0.05, 0.1) is 18.3 Å². The van der Waals surface area contributed by atoms with Crippen LogP contribution in [0, 0.1) is 0 Å². The van der Waals surface area contributed by atoms with E-state index in [0.29, 0.717) is 19.5 Å². The molecule has 1 saturated heterocycles. The van der Waals surface area contributed by atoms with Crippen molar-refractivity contribution in [2.75, 3.05) is 13.1 Å². The predicted molar refractivity (Wildman–Crippen MR) is 65.4 cm³/mol. The summed E-state index contributed by atoms with van der Waals surface area (Å²) in [6.07, 6.45) is 3.40. The van der Waals surface area contributed by atoms with Crippen molar-refractivity contribution >= 4 is 11.9 Å². The molecule has 0 aromatic carbocycles. The molecule has 1 aliphatic rings. The van der Waals surface area contributed by atoms with Crippen LogP contribution in [0.25, 0.3) is 0 Å². The third-order valence-corrected chi connectivity index (χ3v) is 3.02. The second-order valence-corrected chi connectivity index (χ2v) is 4.42. The summed E-state index contributed by atoms with van der Waals surface area (Å²) in [6, 6.07) is -0.607. The monoisotopic (exact) mass is 265 g/mol. The molecule has 0 saturated carbocycles. The van der Waals surface area contributed by atoms with Crippen LogP contribution in [0.1, 0.15) is 23.0 Å². The summed E-state index contributed by atoms with van der Waals surface area (Å²) >= 11 is 0. The van der Waals surface area contributed by atoms with E-state index in [0.717, 1.165) is 0 Å². The standard InChI is InChI=1S/C11H15N5O3/c1-2-3-8(12)10(17)15-4-7(5-15)16-6-9(11(18)19)13-14-16/h2,6-8H,1,3-5,12H2,(H,18,19). The normalized spacial score (nSPS) is 16.8. The lowest BCUT2D eigenvalue weighted by molar-refractivity contribution is -0.138. The Morgan fingerprint density at radius 2 is 2.32 bits per heavy atom. The maximum atomic E-state index is 11.8. The van der Waals surface area contributed by atoms with E-state index in [4.69, 9.17) is 10.8 Å². The molecule has 1 unspecified atom stereocenters. The van der Waals surface area contributed by atoms with Crippen molar-refractivity contribution in [3.05, 3.63) is 24.5 Å². The van der Waals surface area contributed by atoms with Gasteiger partial charge in [-0.2, -0.15) is 0 Å². The van der Waals surface area contributed by atoms with Gasteiger partial charge in [-0.25, -0.2) is 9.48 Å².